The average Bonchev–Trinajstić information content (AvgIpc) is 2.36. The van der Waals surface area contributed by atoms with E-state index in [1.165, 1.54) is 0 Å². The van der Waals surface area contributed by atoms with Crippen LogP contribution in [-0.2, 0) is 9.59 Å². The highest BCUT2D eigenvalue weighted by molar-refractivity contribution is 6.06. The van der Waals surface area contributed by atoms with Crippen LogP contribution in [-0.4, -0.2) is 24.4 Å². The third kappa shape index (κ3) is 2.95. The summed E-state index contributed by atoms with van der Waals surface area (Å²) < 4.78 is 27.0. The molecule has 1 aromatic rings. The van der Waals surface area contributed by atoms with Crippen LogP contribution in [0.5, 0.6) is 0 Å². The molecule has 2 rings (SSSR count). The Morgan fingerprint density at radius 2 is 2.05 bits per heavy atom. The minimum atomic E-state index is -0.724. The first kappa shape index (κ1) is 14.4. The van der Waals surface area contributed by atoms with E-state index in [9.17, 15) is 18.4 Å². The van der Waals surface area contributed by atoms with Crippen LogP contribution < -0.4 is 10.2 Å². The molecular formula is C14H16F2N2O2. The molecule has 1 atom stereocenters. The molecule has 2 amide bonds. The maximum absolute atomic E-state index is 13.8. The number of nitrogens with one attached hydrogen (secondary N) is 1. The molecule has 1 fully saturated rings. The van der Waals surface area contributed by atoms with Gasteiger partial charge in [0.15, 0.2) is 0 Å². The molecule has 0 radical (unpaired) electrons. The zero-order valence-electron chi connectivity index (χ0n) is 11.3. The van der Waals surface area contributed by atoms with Crippen molar-refractivity contribution in [3.05, 3.63) is 29.8 Å². The quantitative estimate of drug-likeness (QED) is 0.919. The van der Waals surface area contributed by atoms with Crippen LogP contribution in [0, 0.1) is 17.6 Å². The highest BCUT2D eigenvalue weighted by atomic mass is 19.1. The van der Waals surface area contributed by atoms with Crippen molar-refractivity contribution in [3.8, 4) is 0 Å². The van der Waals surface area contributed by atoms with Crippen molar-refractivity contribution in [2.45, 2.75) is 26.3 Å². The number of piperazine rings is 1. The Morgan fingerprint density at radius 3 is 2.70 bits per heavy atom. The van der Waals surface area contributed by atoms with Crippen molar-refractivity contribution < 1.29 is 18.4 Å². The molecule has 108 valence electrons. The van der Waals surface area contributed by atoms with E-state index >= 15 is 0 Å². The van der Waals surface area contributed by atoms with E-state index < -0.39 is 23.6 Å². The summed E-state index contributed by atoms with van der Waals surface area (Å²) in [4.78, 5) is 25.0. The Balaban J connectivity index is 2.32. The minimum Gasteiger partial charge on any atom is -0.343 e. The minimum absolute atomic E-state index is 0.196. The summed E-state index contributed by atoms with van der Waals surface area (Å²) in [6, 6.07) is 2.15. The molecular weight excluding hydrogens is 266 g/mol. The second kappa shape index (κ2) is 5.56. The molecule has 1 unspecified atom stereocenters. The zero-order valence-corrected chi connectivity index (χ0v) is 11.3. The predicted molar refractivity (Wildman–Crippen MR) is 70.1 cm³/mol. The lowest BCUT2D eigenvalue weighted by molar-refractivity contribution is -0.131. The lowest BCUT2D eigenvalue weighted by Crippen LogP contribution is -2.58. The normalized spacial score (nSPS) is 19.4. The lowest BCUT2D eigenvalue weighted by atomic mass is 10.0. The molecule has 1 N–H and O–H groups in total. The second-order valence-electron chi connectivity index (χ2n) is 5.27. The molecule has 0 saturated carbocycles. The second-order valence-corrected chi connectivity index (χ2v) is 5.27. The molecule has 0 spiro atoms. The summed E-state index contributed by atoms with van der Waals surface area (Å²) in [5, 5.41) is 2.58. The van der Waals surface area contributed by atoms with Gasteiger partial charge in [-0.3, -0.25) is 14.5 Å². The number of halogens is 2. The standard InChI is InChI=1S/C14H16F2N2O2/c1-8(2)5-11-14(20)18(7-13(19)17-11)12-6-9(15)3-4-10(12)16/h3-4,6,8,11H,5,7H2,1-2H3,(H,17,19). The maximum Gasteiger partial charge on any atom is 0.250 e. The van der Waals surface area contributed by atoms with Gasteiger partial charge < -0.3 is 5.32 Å². The number of hydrogen-bond donors (Lipinski definition) is 1. The van der Waals surface area contributed by atoms with Crippen LogP contribution in [0.3, 0.4) is 0 Å². The first-order valence-electron chi connectivity index (χ1n) is 6.44. The van der Waals surface area contributed by atoms with E-state index in [0.717, 1.165) is 23.1 Å². The summed E-state index contributed by atoms with van der Waals surface area (Å²) in [6.07, 6.45) is 0.456. The van der Waals surface area contributed by atoms with Gasteiger partial charge in [0.1, 0.15) is 24.2 Å². The van der Waals surface area contributed by atoms with Gasteiger partial charge in [0.25, 0.3) is 0 Å². The Labute approximate surface area is 115 Å². The zero-order chi connectivity index (χ0) is 14.9. The molecule has 6 heteroatoms. The topological polar surface area (TPSA) is 49.4 Å². The average molecular weight is 282 g/mol. The maximum atomic E-state index is 13.8. The van der Waals surface area contributed by atoms with E-state index in [1.54, 1.807) is 0 Å². The summed E-state index contributed by atoms with van der Waals surface area (Å²) in [7, 11) is 0. The molecule has 20 heavy (non-hydrogen) atoms. The SMILES string of the molecule is CC(C)CC1NC(=O)CN(c2cc(F)ccc2F)C1=O. The number of benzene rings is 1. The first-order valence-corrected chi connectivity index (χ1v) is 6.44. The summed E-state index contributed by atoms with van der Waals surface area (Å²) in [6.45, 7) is 3.54. The summed E-state index contributed by atoms with van der Waals surface area (Å²) in [5.41, 5.74) is -0.196. The van der Waals surface area contributed by atoms with Gasteiger partial charge in [-0.1, -0.05) is 13.8 Å². The van der Waals surface area contributed by atoms with Gasteiger partial charge in [0.05, 0.1) is 5.69 Å². The Kier molecular flexibility index (Phi) is 4.01. The van der Waals surface area contributed by atoms with E-state index in [4.69, 9.17) is 0 Å². The third-order valence-electron chi connectivity index (χ3n) is 3.11. The van der Waals surface area contributed by atoms with Crippen LogP contribution in [0.2, 0.25) is 0 Å². The van der Waals surface area contributed by atoms with Gasteiger partial charge in [-0.05, 0) is 24.5 Å². The number of carbonyl (C=O) groups excluding carboxylic acids is 2. The summed E-state index contributed by atoms with van der Waals surface area (Å²) in [5.74, 6) is -1.97. The fraction of sp³-hybridized carbons (Fsp3) is 0.429. The van der Waals surface area contributed by atoms with E-state index in [2.05, 4.69) is 5.32 Å². The van der Waals surface area contributed by atoms with Crippen LogP contribution in [0.15, 0.2) is 18.2 Å². The van der Waals surface area contributed by atoms with E-state index in [-0.39, 0.29) is 24.1 Å². The van der Waals surface area contributed by atoms with Gasteiger partial charge in [-0.2, -0.15) is 0 Å². The van der Waals surface area contributed by atoms with Gasteiger partial charge in [-0.25, -0.2) is 8.78 Å². The van der Waals surface area contributed by atoms with E-state index in [1.807, 2.05) is 13.8 Å². The fourth-order valence-electron chi connectivity index (χ4n) is 2.24. The third-order valence-corrected chi connectivity index (χ3v) is 3.11. The molecule has 1 aliphatic rings. The van der Waals surface area contributed by atoms with Crippen molar-refractivity contribution in [1.82, 2.24) is 5.32 Å². The van der Waals surface area contributed by atoms with Crippen LogP contribution >= 0.6 is 0 Å². The molecule has 0 bridgehead atoms. The monoisotopic (exact) mass is 282 g/mol. The van der Waals surface area contributed by atoms with Crippen molar-refractivity contribution in [3.63, 3.8) is 0 Å². The molecule has 1 aromatic carbocycles. The Bertz CT molecular complexity index is 546. The van der Waals surface area contributed by atoms with Crippen LogP contribution in [0.1, 0.15) is 20.3 Å². The first-order chi connectivity index (χ1) is 9.38. The number of amides is 2. The van der Waals surface area contributed by atoms with Crippen molar-refractivity contribution >= 4 is 17.5 Å². The van der Waals surface area contributed by atoms with Crippen molar-refractivity contribution in [2.24, 2.45) is 5.92 Å². The Morgan fingerprint density at radius 1 is 1.35 bits per heavy atom. The number of rotatable bonds is 3. The van der Waals surface area contributed by atoms with Crippen LogP contribution in [0.25, 0.3) is 0 Å². The fourth-order valence-corrected chi connectivity index (χ4v) is 2.24. The predicted octanol–water partition coefficient (Wildman–Crippen LogP) is 1.84. The number of nitrogens with zero attached hydrogens (tertiary/aromatic N) is 1. The number of carbonyl (C=O) groups is 2. The smallest absolute Gasteiger partial charge is 0.250 e. The molecule has 0 aliphatic carbocycles. The largest absolute Gasteiger partial charge is 0.343 e. The highest BCUT2D eigenvalue weighted by Gasteiger charge is 2.35. The van der Waals surface area contributed by atoms with Crippen LogP contribution in [0.4, 0.5) is 14.5 Å². The molecule has 4 nitrogen and oxygen atoms in total. The molecule has 0 aromatic heterocycles. The van der Waals surface area contributed by atoms with Gasteiger partial charge in [-0.15, -0.1) is 0 Å². The highest BCUT2D eigenvalue weighted by Crippen LogP contribution is 2.24. The Hall–Kier alpha value is -1.98. The molecule has 1 saturated heterocycles. The van der Waals surface area contributed by atoms with Gasteiger partial charge in [0, 0.05) is 6.07 Å². The number of hydrogen-bond acceptors (Lipinski definition) is 2. The van der Waals surface area contributed by atoms with Gasteiger partial charge >= 0.3 is 0 Å². The van der Waals surface area contributed by atoms with E-state index in [0.29, 0.717) is 6.42 Å². The summed E-state index contributed by atoms with van der Waals surface area (Å²) >= 11 is 0. The lowest BCUT2D eigenvalue weighted by Gasteiger charge is -2.33. The molecule has 1 heterocycles. The molecule has 1 aliphatic heterocycles. The van der Waals surface area contributed by atoms with Crippen molar-refractivity contribution in [1.29, 1.82) is 0 Å². The van der Waals surface area contributed by atoms with Gasteiger partial charge in [0.2, 0.25) is 11.8 Å². The van der Waals surface area contributed by atoms with Crippen molar-refractivity contribution in [2.75, 3.05) is 11.4 Å². The number of anilines is 1.